The van der Waals surface area contributed by atoms with Gasteiger partial charge < -0.3 is 20.3 Å². The molecule has 0 fully saturated rings. The Bertz CT molecular complexity index is 1240. The number of esters is 1. The van der Waals surface area contributed by atoms with Crippen LogP contribution in [0.15, 0.2) is 34.9 Å². The summed E-state index contributed by atoms with van der Waals surface area (Å²) in [4.78, 5) is 27.6. The van der Waals surface area contributed by atoms with Gasteiger partial charge >= 0.3 is 5.97 Å². The lowest BCUT2D eigenvalue weighted by Crippen LogP contribution is -2.30. The minimum absolute atomic E-state index is 0.156. The van der Waals surface area contributed by atoms with Gasteiger partial charge in [0.1, 0.15) is 10.8 Å². The smallest absolute Gasteiger partial charge is 0.341 e. The van der Waals surface area contributed by atoms with Crippen LogP contribution in [0, 0.1) is 12.7 Å². The summed E-state index contributed by atoms with van der Waals surface area (Å²) in [5, 5.41) is 11.1. The third-order valence-electron chi connectivity index (χ3n) is 5.22. The number of methoxy groups -OCH3 is 1. The molecule has 3 aromatic rings. The third kappa shape index (κ3) is 6.24. The van der Waals surface area contributed by atoms with Gasteiger partial charge in [-0.2, -0.15) is 5.10 Å². The van der Waals surface area contributed by atoms with Crippen molar-refractivity contribution in [2.75, 3.05) is 30.8 Å². The van der Waals surface area contributed by atoms with E-state index < -0.39 is 5.97 Å². The van der Waals surface area contributed by atoms with Crippen molar-refractivity contribution in [2.45, 2.75) is 27.3 Å². The van der Waals surface area contributed by atoms with Crippen molar-refractivity contribution in [3.8, 4) is 0 Å². The zero-order valence-electron chi connectivity index (χ0n) is 19.6. The molecule has 186 valence electrons. The van der Waals surface area contributed by atoms with Gasteiger partial charge in [-0.25, -0.2) is 9.18 Å². The molecule has 0 bridgehead atoms. The van der Waals surface area contributed by atoms with Crippen LogP contribution in [-0.2, 0) is 11.3 Å². The minimum Gasteiger partial charge on any atom is -0.465 e. The molecule has 2 heterocycles. The Hall–Kier alpha value is -2.83. The van der Waals surface area contributed by atoms with Crippen molar-refractivity contribution >= 4 is 67.3 Å². The molecule has 1 amide bonds. The standard InChI is InChI=1S/C23H25BrFN5O3S2/c1-5-29(6-2)21(31)18-13(3)17(22(32)33-4)20(35-18)27-23(34)26-19-16(24)12-30(28-19)11-14-7-9-15(25)10-8-14/h7-10,12H,5-6,11H2,1-4H3,(H2,26,27,28,34). The number of hydrogen-bond acceptors (Lipinski definition) is 6. The number of aromatic nitrogens is 2. The van der Waals surface area contributed by atoms with Crippen LogP contribution in [0.5, 0.6) is 0 Å². The quantitative estimate of drug-likeness (QED) is 0.276. The zero-order chi connectivity index (χ0) is 25.7. The number of thiocarbonyl (C=S) groups is 1. The first kappa shape index (κ1) is 26.8. The largest absolute Gasteiger partial charge is 0.465 e. The first-order valence-electron chi connectivity index (χ1n) is 10.7. The van der Waals surface area contributed by atoms with Crippen LogP contribution in [0.2, 0.25) is 0 Å². The second-order valence-corrected chi connectivity index (χ2v) is 9.74. The van der Waals surface area contributed by atoms with Gasteiger partial charge in [0, 0.05) is 19.3 Å². The molecule has 35 heavy (non-hydrogen) atoms. The monoisotopic (exact) mass is 581 g/mol. The number of rotatable bonds is 8. The van der Waals surface area contributed by atoms with Crippen LogP contribution in [0.3, 0.4) is 0 Å². The first-order valence-corrected chi connectivity index (χ1v) is 12.8. The molecular weight excluding hydrogens is 557 g/mol. The Morgan fingerprint density at radius 2 is 1.89 bits per heavy atom. The molecule has 0 saturated carbocycles. The van der Waals surface area contributed by atoms with Crippen molar-refractivity contribution in [3.63, 3.8) is 0 Å². The van der Waals surface area contributed by atoms with Crippen molar-refractivity contribution in [3.05, 3.63) is 62.3 Å². The van der Waals surface area contributed by atoms with Crippen molar-refractivity contribution < 1.29 is 18.7 Å². The molecule has 8 nitrogen and oxygen atoms in total. The second-order valence-electron chi connectivity index (χ2n) is 7.46. The molecule has 0 aliphatic rings. The second kappa shape index (κ2) is 11.7. The number of amides is 1. The average molecular weight is 583 g/mol. The van der Waals surface area contributed by atoms with E-state index in [1.54, 1.807) is 34.8 Å². The van der Waals surface area contributed by atoms with Crippen LogP contribution < -0.4 is 10.6 Å². The molecule has 0 spiro atoms. The van der Waals surface area contributed by atoms with E-state index in [0.717, 1.165) is 16.9 Å². The summed E-state index contributed by atoms with van der Waals surface area (Å²) in [6, 6.07) is 6.17. The normalized spacial score (nSPS) is 10.7. The number of nitrogens with zero attached hydrogens (tertiary/aromatic N) is 3. The first-order chi connectivity index (χ1) is 16.7. The summed E-state index contributed by atoms with van der Waals surface area (Å²) in [5.41, 5.74) is 1.68. The summed E-state index contributed by atoms with van der Waals surface area (Å²) in [6.45, 7) is 7.06. The number of carbonyl (C=O) groups is 2. The lowest BCUT2D eigenvalue weighted by molar-refractivity contribution is 0.0601. The highest BCUT2D eigenvalue weighted by molar-refractivity contribution is 9.10. The molecule has 3 rings (SSSR count). The molecule has 0 saturated heterocycles. The van der Waals surface area contributed by atoms with Crippen molar-refractivity contribution in [1.82, 2.24) is 14.7 Å². The number of ether oxygens (including phenoxy) is 1. The van der Waals surface area contributed by atoms with Gasteiger partial charge in [0.25, 0.3) is 5.91 Å². The zero-order valence-corrected chi connectivity index (χ0v) is 22.9. The molecule has 0 aliphatic heterocycles. The fourth-order valence-electron chi connectivity index (χ4n) is 3.39. The summed E-state index contributed by atoms with van der Waals surface area (Å²) >= 11 is 10.1. The van der Waals surface area contributed by atoms with Gasteiger partial charge in [0.2, 0.25) is 0 Å². The Balaban J connectivity index is 1.80. The number of halogens is 2. The third-order valence-corrected chi connectivity index (χ3v) is 7.19. The van der Waals surface area contributed by atoms with Crippen LogP contribution >= 0.6 is 39.5 Å². The van der Waals surface area contributed by atoms with E-state index in [1.165, 1.54) is 19.2 Å². The lowest BCUT2D eigenvalue weighted by Gasteiger charge is -2.17. The molecule has 0 atom stereocenters. The average Bonchev–Trinajstić information content (AvgIpc) is 3.33. The molecule has 2 N–H and O–H groups in total. The Morgan fingerprint density at radius 3 is 2.49 bits per heavy atom. The number of nitrogens with one attached hydrogen (secondary N) is 2. The van der Waals surface area contributed by atoms with Crippen LogP contribution in [0.4, 0.5) is 15.2 Å². The predicted molar refractivity (Wildman–Crippen MR) is 143 cm³/mol. The summed E-state index contributed by atoms with van der Waals surface area (Å²) in [6.07, 6.45) is 1.77. The van der Waals surface area contributed by atoms with E-state index in [9.17, 15) is 14.0 Å². The highest BCUT2D eigenvalue weighted by Crippen LogP contribution is 2.35. The van der Waals surface area contributed by atoms with Crippen LogP contribution in [0.25, 0.3) is 0 Å². The summed E-state index contributed by atoms with van der Waals surface area (Å²) < 4.78 is 20.4. The topological polar surface area (TPSA) is 88.5 Å². The molecule has 12 heteroatoms. The van der Waals surface area contributed by atoms with Crippen LogP contribution in [-0.4, -0.2) is 51.9 Å². The highest BCUT2D eigenvalue weighted by atomic mass is 79.9. The van der Waals surface area contributed by atoms with E-state index in [2.05, 4.69) is 31.7 Å². The van der Waals surface area contributed by atoms with E-state index >= 15 is 0 Å². The fraction of sp³-hybridized carbons (Fsp3) is 0.304. The Labute approximate surface area is 220 Å². The Morgan fingerprint density at radius 1 is 1.23 bits per heavy atom. The van der Waals surface area contributed by atoms with Gasteiger partial charge in [0.15, 0.2) is 10.9 Å². The number of hydrogen-bond donors (Lipinski definition) is 2. The number of benzene rings is 1. The van der Waals surface area contributed by atoms with E-state index in [-0.39, 0.29) is 22.4 Å². The summed E-state index contributed by atoms with van der Waals surface area (Å²) in [5.74, 6) is -0.563. The number of carbonyl (C=O) groups excluding carboxylic acids is 2. The van der Waals surface area contributed by atoms with Gasteiger partial charge in [-0.3, -0.25) is 9.48 Å². The molecule has 0 radical (unpaired) electrons. The van der Waals surface area contributed by atoms with Crippen molar-refractivity contribution in [1.29, 1.82) is 0 Å². The molecule has 0 aliphatic carbocycles. The lowest BCUT2D eigenvalue weighted by atomic mass is 10.1. The Kier molecular flexibility index (Phi) is 8.98. The molecular formula is C23H25BrFN5O3S2. The maximum absolute atomic E-state index is 13.2. The predicted octanol–water partition coefficient (Wildman–Crippen LogP) is 5.28. The molecule has 1 aromatic carbocycles. The van der Waals surface area contributed by atoms with E-state index in [1.807, 2.05) is 13.8 Å². The van der Waals surface area contributed by atoms with Gasteiger partial charge in [-0.05, 0) is 72.2 Å². The van der Waals surface area contributed by atoms with E-state index in [0.29, 0.717) is 45.4 Å². The molecule has 0 unspecified atom stereocenters. The number of thiophene rings is 1. The van der Waals surface area contributed by atoms with Crippen LogP contribution in [0.1, 0.15) is 45.0 Å². The van der Waals surface area contributed by atoms with E-state index in [4.69, 9.17) is 17.0 Å². The number of anilines is 2. The maximum atomic E-state index is 13.2. The maximum Gasteiger partial charge on any atom is 0.341 e. The van der Waals surface area contributed by atoms with Crippen molar-refractivity contribution in [2.24, 2.45) is 0 Å². The fourth-order valence-corrected chi connectivity index (χ4v) is 5.23. The SMILES string of the molecule is CCN(CC)C(=O)c1sc(NC(=S)Nc2nn(Cc3ccc(F)cc3)cc2Br)c(C(=O)OC)c1C. The summed E-state index contributed by atoms with van der Waals surface area (Å²) in [7, 11) is 1.29. The van der Waals surface area contributed by atoms with Gasteiger partial charge in [-0.15, -0.1) is 11.3 Å². The van der Waals surface area contributed by atoms with Gasteiger partial charge in [-0.1, -0.05) is 12.1 Å². The molecule has 2 aromatic heterocycles. The minimum atomic E-state index is -0.563. The van der Waals surface area contributed by atoms with Gasteiger partial charge in [0.05, 0.1) is 28.6 Å². The highest BCUT2D eigenvalue weighted by Gasteiger charge is 2.27.